The molecule has 1 fully saturated rings. The van der Waals surface area contributed by atoms with Crippen molar-refractivity contribution >= 4 is 5.91 Å². The van der Waals surface area contributed by atoms with Crippen molar-refractivity contribution in [1.82, 2.24) is 10.2 Å². The summed E-state index contributed by atoms with van der Waals surface area (Å²) in [5.41, 5.74) is 0. The van der Waals surface area contributed by atoms with Crippen LogP contribution in [0, 0.1) is 11.8 Å². The molecular weight excluding hydrogens is 212 g/mol. The first-order chi connectivity index (χ1) is 8.13. The van der Waals surface area contributed by atoms with Crippen molar-refractivity contribution in [2.24, 2.45) is 11.8 Å². The van der Waals surface area contributed by atoms with Crippen molar-refractivity contribution in [3.8, 4) is 0 Å². The first kappa shape index (κ1) is 16.4. The molecule has 0 aromatic heterocycles. The third-order valence-corrected chi connectivity index (χ3v) is 3.09. The predicted molar refractivity (Wildman–Crippen MR) is 74.0 cm³/mol. The Hall–Kier alpha value is -0.570. The number of piperidine rings is 1. The normalized spacial score (nSPS) is 17.5. The fourth-order valence-corrected chi connectivity index (χ4v) is 1.96. The quantitative estimate of drug-likeness (QED) is 0.821. The third kappa shape index (κ3) is 6.67. The summed E-state index contributed by atoms with van der Waals surface area (Å²) in [5, 5.41) is 3.03. The highest BCUT2D eigenvalue weighted by Crippen LogP contribution is 2.16. The maximum absolute atomic E-state index is 11.8. The molecule has 3 nitrogen and oxygen atoms in total. The first-order valence-electron chi connectivity index (χ1n) is 7.13. The molecule has 0 atom stereocenters. The lowest BCUT2D eigenvalue weighted by atomic mass is 9.96. The number of carbonyl (C=O) groups is 1. The number of rotatable bonds is 4. The number of likely N-dealkylation sites (tertiary alicyclic amines) is 1. The van der Waals surface area contributed by atoms with Gasteiger partial charge in [0, 0.05) is 12.5 Å². The molecule has 1 rings (SSSR count). The van der Waals surface area contributed by atoms with E-state index in [1.165, 1.54) is 0 Å². The molecule has 17 heavy (non-hydrogen) atoms. The Labute approximate surface area is 107 Å². The molecule has 1 aliphatic rings. The maximum Gasteiger partial charge on any atom is 0.223 e. The van der Waals surface area contributed by atoms with Crippen molar-refractivity contribution in [3.63, 3.8) is 0 Å². The largest absolute Gasteiger partial charge is 0.356 e. The standard InChI is InChI=1S/C12H24N2O.C2H6/c1-4-14-7-5-11(6-8-14)12(15)13-9-10(2)3;1-2/h10-11H,4-9H2,1-3H3,(H,13,15);1-2H3. The highest BCUT2D eigenvalue weighted by molar-refractivity contribution is 5.78. The molecular formula is C14H30N2O. The molecule has 1 aliphatic heterocycles. The summed E-state index contributed by atoms with van der Waals surface area (Å²) in [6.07, 6.45) is 2.05. The van der Waals surface area contributed by atoms with Crippen LogP contribution in [0.3, 0.4) is 0 Å². The smallest absolute Gasteiger partial charge is 0.223 e. The summed E-state index contributed by atoms with van der Waals surface area (Å²) < 4.78 is 0. The van der Waals surface area contributed by atoms with E-state index >= 15 is 0 Å². The Kier molecular flexibility index (Phi) is 9.14. The van der Waals surface area contributed by atoms with Crippen LogP contribution in [0.2, 0.25) is 0 Å². The van der Waals surface area contributed by atoms with E-state index < -0.39 is 0 Å². The van der Waals surface area contributed by atoms with E-state index in [0.717, 1.165) is 39.0 Å². The van der Waals surface area contributed by atoms with Crippen LogP contribution in [0.25, 0.3) is 0 Å². The third-order valence-electron chi connectivity index (χ3n) is 3.09. The van der Waals surface area contributed by atoms with Crippen LogP contribution in [-0.2, 0) is 4.79 Å². The zero-order valence-electron chi connectivity index (χ0n) is 12.3. The summed E-state index contributed by atoms with van der Waals surface area (Å²) in [7, 11) is 0. The molecule has 0 bridgehead atoms. The SMILES string of the molecule is CC.CCN1CCC(C(=O)NCC(C)C)CC1. The number of amides is 1. The van der Waals surface area contributed by atoms with Gasteiger partial charge in [-0.1, -0.05) is 34.6 Å². The van der Waals surface area contributed by atoms with Gasteiger partial charge in [-0.05, 0) is 38.4 Å². The minimum absolute atomic E-state index is 0.256. The number of nitrogens with one attached hydrogen (secondary N) is 1. The van der Waals surface area contributed by atoms with Gasteiger partial charge in [0.2, 0.25) is 5.91 Å². The fourth-order valence-electron chi connectivity index (χ4n) is 1.96. The Bertz CT molecular complexity index is 196. The average Bonchev–Trinajstić information content (AvgIpc) is 2.38. The number of nitrogens with zero attached hydrogens (tertiary/aromatic N) is 1. The van der Waals surface area contributed by atoms with Crippen LogP contribution >= 0.6 is 0 Å². The lowest BCUT2D eigenvalue weighted by Gasteiger charge is -2.30. The maximum atomic E-state index is 11.8. The highest BCUT2D eigenvalue weighted by atomic mass is 16.1. The molecule has 0 aliphatic carbocycles. The van der Waals surface area contributed by atoms with Crippen molar-refractivity contribution in [1.29, 1.82) is 0 Å². The Morgan fingerprint density at radius 3 is 2.24 bits per heavy atom. The van der Waals surface area contributed by atoms with Gasteiger partial charge in [0.15, 0.2) is 0 Å². The van der Waals surface area contributed by atoms with Gasteiger partial charge in [-0.3, -0.25) is 4.79 Å². The van der Waals surface area contributed by atoms with Crippen LogP contribution in [0.4, 0.5) is 0 Å². The van der Waals surface area contributed by atoms with E-state index in [1.54, 1.807) is 0 Å². The zero-order chi connectivity index (χ0) is 13.3. The van der Waals surface area contributed by atoms with E-state index in [9.17, 15) is 4.79 Å². The van der Waals surface area contributed by atoms with Crippen LogP contribution < -0.4 is 5.32 Å². The number of hydrogen-bond donors (Lipinski definition) is 1. The fraction of sp³-hybridized carbons (Fsp3) is 0.929. The molecule has 0 spiro atoms. The molecule has 1 amide bonds. The molecule has 0 radical (unpaired) electrons. The van der Waals surface area contributed by atoms with E-state index in [4.69, 9.17) is 0 Å². The minimum atomic E-state index is 0.256. The molecule has 0 aromatic carbocycles. The second-order valence-corrected chi connectivity index (χ2v) is 4.85. The second-order valence-electron chi connectivity index (χ2n) is 4.85. The van der Waals surface area contributed by atoms with Crippen LogP contribution in [0.15, 0.2) is 0 Å². The monoisotopic (exact) mass is 242 g/mol. The molecule has 0 unspecified atom stereocenters. The summed E-state index contributed by atoms with van der Waals surface area (Å²) in [5.74, 6) is 1.07. The van der Waals surface area contributed by atoms with Gasteiger partial charge >= 0.3 is 0 Å². The van der Waals surface area contributed by atoms with Gasteiger partial charge in [0.25, 0.3) is 0 Å². The van der Waals surface area contributed by atoms with E-state index in [0.29, 0.717) is 5.92 Å². The molecule has 1 saturated heterocycles. The molecule has 3 heteroatoms. The summed E-state index contributed by atoms with van der Waals surface area (Å²) >= 11 is 0. The van der Waals surface area contributed by atoms with Gasteiger partial charge in [-0.25, -0.2) is 0 Å². The minimum Gasteiger partial charge on any atom is -0.356 e. The Balaban J connectivity index is 0.00000121. The molecule has 1 N–H and O–H groups in total. The average molecular weight is 242 g/mol. The van der Waals surface area contributed by atoms with Gasteiger partial charge in [0.1, 0.15) is 0 Å². The van der Waals surface area contributed by atoms with Gasteiger partial charge < -0.3 is 10.2 Å². The van der Waals surface area contributed by atoms with Crippen molar-refractivity contribution in [3.05, 3.63) is 0 Å². The van der Waals surface area contributed by atoms with E-state index in [2.05, 4.69) is 31.0 Å². The predicted octanol–water partition coefficient (Wildman–Crippen LogP) is 2.52. The Morgan fingerprint density at radius 2 is 1.82 bits per heavy atom. The van der Waals surface area contributed by atoms with Crippen LogP contribution in [-0.4, -0.2) is 37.0 Å². The van der Waals surface area contributed by atoms with Crippen molar-refractivity contribution in [2.45, 2.75) is 47.5 Å². The Morgan fingerprint density at radius 1 is 1.29 bits per heavy atom. The van der Waals surface area contributed by atoms with Crippen LogP contribution in [0.5, 0.6) is 0 Å². The summed E-state index contributed by atoms with van der Waals surface area (Å²) in [6.45, 7) is 14.5. The lowest BCUT2D eigenvalue weighted by Crippen LogP contribution is -2.41. The molecule has 0 aromatic rings. The van der Waals surface area contributed by atoms with Gasteiger partial charge in [0.05, 0.1) is 0 Å². The van der Waals surface area contributed by atoms with Gasteiger partial charge in [-0.15, -0.1) is 0 Å². The second kappa shape index (κ2) is 9.46. The molecule has 0 saturated carbocycles. The molecule has 102 valence electrons. The topological polar surface area (TPSA) is 32.3 Å². The molecule has 1 heterocycles. The lowest BCUT2D eigenvalue weighted by molar-refractivity contribution is -0.126. The number of hydrogen-bond acceptors (Lipinski definition) is 2. The zero-order valence-corrected chi connectivity index (χ0v) is 12.3. The van der Waals surface area contributed by atoms with Crippen LogP contribution in [0.1, 0.15) is 47.5 Å². The van der Waals surface area contributed by atoms with E-state index in [-0.39, 0.29) is 11.8 Å². The van der Waals surface area contributed by atoms with Crippen molar-refractivity contribution < 1.29 is 4.79 Å². The first-order valence-corrected chi connectivity index (χ1v) is 7.13. The van der Waals surface area contributed by atoms with E-state index in [1.807, 2.05) is 13.8 Å². The summed E-state index contributed by atoms with van der Waals surface area (Å²) in [4.78, 5) is 14.2. The highest BCUT2D eigenvalue weighted by Gasteiger charge is 2.23. The van der Waals surface area contributed by atoms with Crippen molar-refractivity contribution in [2.75, 3.05) is 26.2 Å². The number of carbonyl (C=O) groups excluding carboxylic acids is 1. The van der Waals surface area contributed by atoms with Gasteiger partial charge in [-0.2, -0.15) is 0 Å². The summed E-state index contributed by atoms with van der Waals surface area (Å²) in [6, 6.07) is 0.